The van der Waals surface area contributed by atoms with E-state index in [0.29, 0.717) is 31.5 Å². The third-order valence-corrected chi connectivity index (χ3v) is 3.18. The van der Waals surface area contributed by atoms with Gasteiger partial charge >= 0.3 is 0 Å². The van der Waals surface area contributed by atoms with Crippen molar-refractivity contribution in [2.24, 2.45) is 0 Å². The molecule has 108 valence electrons. The number of Topliss-reactive ketones (excluding diaryl/α,β-unsaturated/α-hetero) is 1. The number of halogens is 2. The number of alkyl halides is 2. The zero-order valence-electron chi connectivity index (χ0n) is 11.6. The van der Waals surface area contributed by atoms with Crippen LogP contribution in [0.1, 0.15) is 77.0 Å². The maximum atomic E-state index is 11.8. The largest absolute Gasteiger partial charge is 0.300 e. The molecular formula is C15H28F2O. The summed E-state index contributed by atoms with van der Waals surface area (Å²) >= 11 is 0. The summed E-state index contributed by atoms with van der Waals surface area (Å²) in [6.07, 6.45) is 10.6. The Bertz CT molecular complexity index is 165. The van der Waals surface area contributed by atoms with Crippen molar-refractivity contribution in [3.8, 4) is 0 Å². The van der Waals surface area contributed by atoms with E-state index in [0.717, 1.165) is 51.4 Å². The first kappa shape index (κ1) is 17.5. The molecule has 0 heterocycles. The lowest BCUT2D eigenvalue weighted by atomic mass is 10.0. The molecule has 18 heavy (non-hydrogen) atoms. The second kappa shape index (κ2) is 14.6. The molecule has 0 bridgehead atoms. The highest BCUT2D eigenvalue weighted by Gasteiger charge is 2.01. The number of rotatable bonds is 14. The van der Waals surface area contributed by atoms with Crippen LogP contribution in [0.15, 0.2) is 0 Å². The van der Waals surface area contributed by atoms with Gasteiger partial charge in [0.1, 0.15) is 5.78 Å². The maximum Gasteiger partial charge on any atom is 0.132 e. The minimum atomic E-state index is -0.221. The molecule has 0 aliphatic carbocycles. The van der Waals surface area contributed by atoms with E-state index in [1.807, 2.05) is 0 Å². The summed E-state index contributed by atoms with van der Waals surface area (Å²) in [7, 11) is 0. The Morgan fingerprint density at radius 3 is 1.28 bits per heavy atom. The van der Waals surface area contributed by atoms with Gasteiger partial charge in [-0.3, -0.25) is 13.6 Å². The summed E-state index contributed by atoms with van der Waals surface area (Å²) in [5.41, 5.74) is 0. The molecule has 0 aromatic carbocycles. The Morgan fingerprint density at radius 1 is 0.556 bits per heavy atom. The molecule has 0 atom stereocenters. The second-order valence-corrected chi connectivity index (χ2v) is 4.95. The van der Waals surface area contributed by atoms with Crippen molar-refractivity contribution in [1.82, 2.24) is 0 Å². The van der Waals surface area contributed by atoms with Crippen LogP contribution >= 0.6 is 0 Å². The van der Waals surface area contributed by atoms with E-state index in [1.165, 1.54) is 0 Å². The van der Waals surface area contributed by atoms with E-state index in [1.54, 1.807) is 0 Å². The van der Waals surface area contributed by atoms with Crippen LogP contribution in [-0.4, -0.2) is 19.1 Å². The molecule has 0 fully saturated rings. The van der Waals surface area contributed by atoms with Crippen molar-refractivity contribution in [2.75, 3.05) is 13.3 Å². The first-order valence-corrected chi connectivity index (χ1v) is 7.45. The van der Waals surface area contributed by atoms with Gasteiger partial charge in [0.2, 0.25) is 0 Å². The van der Waals surface area contributed by atoms with Crippen LogP contribution in [0.2, 0.25) is 0 Å². The van der Waals surface area contributed by atoms with Gasteiger partial charge in [-0.1, -0.05) is 38.5 Å². The van der Waals surface area contributed by atoms with Crippen LogP contribution in [-0.2, 0) is 4.79 Å². The Kier molecular flexibility index (Phi) is 14.2. The lowest BCUT2D eigenvalue weighted by Gasteiger charge is -2.02. The van der Waals surface area contributed by atoms with E-state index >= 15 is 0 Å². The van der Waals surface area contributed by atoms with Gasteiger partial charge in [0.25, 0.3) is 0 Å². The van der Waals surface area contributed by atoms with Crippen LogP contribution in [0, 0.1) is 0 Å². The molecule has 0 aromatic heterocycles. The molecule has 1 nitrogen and oxygen atoms in total. The summed E-state index contributed by atoms with van der Waals surface area (Å²) in [6.45, 7) is -0.442. The van der Waals surface area contributed by atoms with Gasteiger partial charge in [0.05, 0.1) is 13.3 Å². The number of ketones is 1. The molecule has 0 amide bonds. The van der Waals surface area contributed by atoms with Gasteiger partial charge in [0.15, 0.2) is 0 Å². The number of unbranched alkanes of at least 4 members (excludes halogenated alkanes) is 8. The minimum absolute atomic E-state index is 0.221. The van der Waals surface area contributed by atoms with Crippen LogP contribution in [0.4, 0.5) is 8.78 Å². The summed E-state index contributed by atoms with van der Waals surface area (Å²) in [5.74, 6) is 0.353. The van der Waals surface area contributed by atoms with Crippen molar-refractivity contribution in [1.29, 1.82) is 0 Å². The SMILES string of the molecule is O=C(CCCCCCCF)CCCCCCCF. The predicted molar refractivity (Wildman–Crippen MR) is 72.4 cm³/mol. The molecule has 0 aliphatic rings. The average molecular weight is 262 g/mol. The summed E-state index contributed by atoms with van der Waals surface area (Å²) in [4.78, 5) is 11.5. The first-order chi connectivity index (χ1) is 8.81. The predicted octanol–water partition coefficient (Wildman–Crippen LogP) is 5.18. The number of hydrogen-bond acceptors (Lipinski definition) is 1. The third kappa shape index (κ3) is 13.6. The van der Waals surface area contributed by atoms with Gasteiger partial charge in [-0.05, 0) is 25.7 Å². The van der Waals surface area contributed by atoms with Gasteiger partial charge in [-0.15, -0.1) is 0 Å². The highest BCUT2D eigenvalue weighted by atomic mass is 19.1. The van der Waals surface area contributed by atoms with Crippen LogP contribution < -0.4 is 0 Å². The van der Waals surface area contributed by atoms with Gasteiger partial charge < -0.3 is 0 Å². The molecule has 0 aromatic rings. The Hall–Kier alpha value is -0.470. The number of carbonyl (C=O) groups is 1. The van der Waals surface area contributed by atoms with E-state index in [2.05, 4.69) is 0 Å². The highest BCUT2D eigenvalue weighted by molar-refractivity contribution is 5.78. The third-order valence-electron chi connectivity index (χ3n) is 3.18. The molecular weight excluding hydrogens is 234 g/mol. The standard InChI is InChI=1S/C15H28F2O/c16-13-9-5-1-3-7-11-15(18)12-8-4-2-6-10-14-17/h1-14H2. The normalized spacial score (nSPS) is 10.8. The Labute approximate surface area is 110 Å². The highest BCUT2D eigenvalue weighted by Crippen LogP contribution is 2.10. The first-order valence-electron chi connectivity index (χ1n) is 7.45. The molecule has 0 aliphatic heterocycles. The van der Waals surface area contributed by atoms with E-state index < -0.39 is 0 Å². The zero-order valence-corrected chi connectivity index (χ0v) is 11.6. The zero-order chi connectivity index (χ0) is 13.5. The Balaban J connectivity index is 3.12. The summed E-state index contributed by atoms with van der Waals surface area (Å²) in [5, 5.41) is 0. The molecule has 0 saturated carbocycles. The molecule has 0 saturated heterocycles. The molecule has 0 spiro atoms. The average Bonchev–Trinajstić information content (AvgIpc) is 2.38. The fourth-order valence-corrected chi connectivity index (χ4v) is 2.02. The van der Waals surface area contributed by atoms with Crippen molar-refractivity contribution in [3.63, 3.8) is 0 Å². The quantitative estimate of drug-likeness (QED) is 0.394. The van der Waals surface area contributed by atoms with Crippen molar-refractivity contribution in [2.45, 2.75) is 77.0 Å². The smallest absolute Gasteiger partial charge is 0.132 e. The van der Waals surface area contributed by atoms with Gasteiger partial charge in [0, 0.05) is 12.8 Å². The van der Waals surface area contributed by atoms with E-state index in [4.69, 9.17) is 0 Å². The van der Waals surface area contributed by atoms with Gasteiger partial charge in [-0.2, -0.15) is 0 Å². The van der Waals surface area contributed by atoms with Gasteiger partial charge in [-0.25, -0.2) is 0 Å². The van der Waals surface area contributed by atoms with E-state index in [9.17, 15) is 13.6 Å². The lowest BCUT2D eigenvalue weighted by molar-refractivity contribution is -0.119. The number of hydrogen-bond donors (Lipinski definition) is 0. The number of carbonyl (C=O) groups excluding carboxylic acids is 1. The molecule has 0 rings (SSSR count). The van der Waals surface area contributed by atoms with Crippen molar-refractivity contribution >= 4 is 5.78 Å². The van der Waals surface area contributed by atoms with Crippen molar-refractivity contribution < 1.29 is 13.6 Å². The van der Waals surface area contributed by atoms with E-state index in [-0.39, 0.29) is 13.3 Å². The summed E-state index contributed by atoms with van der Waals surface area (Å²) in [6, 6.07) is 0. The summed E-state index contributed by atoms with van der Waals surface area (Å²) < 4.78 is 23.6. The maximum absolute atomic E-state index is 11.8. The van der Waals surface area contributed by atoms with Crippen LogP contribution in [0.3, 0.4) is 0 Å². The minimum Gasteiger partial charge on any atom is -0.300 e. The monoisotopic (exact) mass is 262 g/mol. The Morgan fingerprint density at radius 2 is 0.889 bits per heavy atom. The van der Waals surface area contributed by atoms with Crippen molar-refractivity contribution in [3.05, 3.63) is 0 Å². The fraction of sp³-hybridized carbons (Fsp3) is 0.933. The molecule has 0 N–H and O–H groups in total. The molecule has 0 unspecified atom stereocenters. The molecule has 3 heteroatoms. The topological polar surface area (TPSA) is 17.1 Å². The van der Waals surface area contributed by atoms with Crippen LogP contribution in [0.5, 0.6) is 0 Å². The second-order valence-electron chi connectivity index (χ2n) is 4.95. The van der Waals surface area contributed by atoms with Crippen LogP contribution in [0.25, 0.3) is 0 Å². The lowest BCUT2D eigenvalue weighted by Crippen LogP contribution is -1.97. The fourth-order valence-electron chi connectivity index (χ4n) is 2.02. The molecule has 0 radical (unpaired) electrons.